The number of nitrogens with one attached hydrogen (secondary N) is 2. The van der Waals surface area contributed by atoms with Gasteiger partial charge in [-0.3, -0.25) is 14.5 Å². The van der Waals surface area contributed by atoms with E-state index in [2.05, 4.69) is 39.0 Å². The zero-order chi connectivity index (χ0) is 32.6. The van der Waals surface area contributed by atoms with E-state index in [-0.39, 0.29) is 29.4 Å². The summed E-state index contributed by atoms with van der Waals surface area (Å²) in [6, 6.07) is 3.15. The standard InChI is InChI=1S/C31H37F4N7O3/c1-17(2)27-16-41(6-7-45-27)30-37-11-20(12-38-30)21-8-25(26(10-24(21)32)42-14-18(3)40(5)19(4)15-42)39-29(44)22-13-36-28(43)9-23(22)31(33,34)35/h8-13,17-19,27H,6-7,14-16H2,1-5H3,(H,36,43)(H,39,44)/t18-,19+,27?. The van der Waals surface area contributed by atoms with Gasteiger partial charge in [-0.15, -0.1) is 0 Å². The summed E-state index contributed by atoms with van der Waals surface area (Å²) >= 11 is 0. The van der Waals surface area contributed by atoms with Crippen molar-refractivity contribution in [3.63, 3.8) is 0 Å². The van der Waals surface area contributed by atoms with Crippen LogP contribution in [0.2, 0.25) is 0 Å². The number of alkyl halides is 3. The van der Waals surface area contributed by atoms with Crippen molar-refractivity contribution in [2.24, 2.45) is 5.92 Å². The lowest BCUT2D eigenvalue weighted by atomic mass is 10.0. The highest BCUT2D eigenvalue weighted by Gasteiger charge is 2.36. The van der Waals surface area contributed by atoms with Crippen molar-refractivity contribution in [1.29, 1.82) is 0 Å². The average Bonchev–Trinajstić information content (AvgIpc) is 3.00. The van der Waals surface area contributed by atoms with E-state index in [1.54, 1.807) is 0 Å². The molecule has 2 fully saturated rings. The summed E-state index contributed by atoms with van der Waals surface area (Å²) in [4.78, 5) is 42.2. The molecule has 45 heavy (non-hydrogen) atoms. The van der Waals surface area contributed by atoms with Gasteiger partial charge in [0.2, 0.25) is 11.5 Å². The van der Waals surface area contributed by atoms with Crippen molar-refractivity contribution >= 4 is 23.2 Å². The molecule has 1 aromatic carbocycles. The number of anilines is 3. The number of pyridine rings is 1. The second-order valence-corrected chi connectivity index (χ2v) is 12.1. The summed E-state index contributed by atoms with van der Waals surface area (Å²) in [5, 5.41) is 2.57. The fourth-order valence-corrected chi connectivity index (χ4v) is 5.71. The normalized spacial score (nSPS) is 21.3. The van der Waals surface area contributed by atoms with Gasteiger partial charge in [0, 0.05) is 74.0 Å². The number of H-pyrrole nitrogens is 1. The van der Waals surface area contributed by atoms with Gasteiger partial charge in [0.15, 0.2) is 0 Å². The lowest BCUT2D eigenvalue weighted by Gasteiger charge is -2.44. The molecule has 2 aromatic heterocycles. The van der Waals surface area contributed by atoms with Crippen LogP contribution in [0.4, 0.5) is 34.9 Å². The first kappa shape index (κ1) is 32.4. The number of rotatable bonds is 6. The number of hydrogen-bond acceptors (Lipinski definition) is 8. The summed E-state index contributed by atoms with van der Waals surface area (Å²) in [6.07, 6.45) is -1.23. The van der Waals surface area contributed by atoms with Gasteiger partial charge in [-0.2, -0.15) is 13.2 Å². The van der Waals surface area contributed by atoms with Crippen molar-refractivity contribution in [2.75, 3.05) is 55.0 Å². The maximum atomic E-state index is 15.8. The monoisotopic (exact) mass is 631 g/mol. The number of aromatic nitrogens is 3. The van der Waals surface area contributed by atoms with Crippen LogP contribution in [-0.4, -0.2) is 83.8 Å². The summed E-state index contributed by atoms with van der Waals surface area (Å²) in [5.41, 5.74) is -2.32. The zero-order valence-electron chi connectivity index (χ0n) is 25.8. The Morgan fingerprint density at radius 2 is 1.73 bits per heavy atom. The minimum absolute atomic E-state index is 0.0264. The third-order valence-electron chi connectivity index (χ3n) is 8.58. The predicted octanol–water partition coefficient (Wildman–Crippen LogP) is 4.63. The number of aromatic amines is 1. The number of nitrogens with zero attached hydrogens (tertiary/aromatic N) is 5. The van der Waals surface area contributed by atoms with Crippen LogP contribution in [0.1, 0.15) is 43.6 Å². The van der Waals surface area contributed by atoms with Gasteiger partial charge in [0.05, 0.1) is 35.2 Å². The quantitative estimate of drug-likeness (QED) is 0.380. The van der Waals surface area contributed by atoms with E-state index < -0.39 is 34.6 Å². The number of amides is 1. The van der Waals surface area contributed by atoms with Crippen LogP contribution in [0.3, 0.4) is 0 Å². The van der Waals surface area contributed by atoms with Gasteiger partial charge in [-0.1, -0.05) is 13.8 Å². The Hall–Kier alpha value is -4.04. The number of piperazine rings is 1. The van der Waals surface area contributed by atoms with E-state index in [1.807, 2.05) is 30.7 Å². The molecule has 2 N–H and O–H groups in total. The molecule has 0 spiro atoms. The first-order valence-corrected chi connectivity index (χ1v) is 14.8. The number of benzene rings is 1. The molecule has 14 heteroatoms. The van der Waals surface area contributed by atoms with E-state index in [1.165, 1.54) is 24.5 Å². The van der Waals surface area contributed by atoms with Crippen LogP contribution in [-0.2, 0) is 10.9 Å². The van der Waals surface area contributed by atoms with Gasteiger partial charge in [0.25, 0.3) is 5.91 Å². The first-order valence-electron chi connectivity index (χ1n) is 14.8. The van der Waals surface area contributed by atoms with Gasteiger partial charge in [-0.05, 0) is 38.9 Å². The number of likely N-dealkylation sites (N-methyl/N-ethyl adjacent to an activating group) is 1. The third kappa shape index (κ3) is 6.96. The van der Waals surface area contributed by atoms with E-state index >= 15 is 4.39 Å². The molecular formula is C31H37F4N7O3. The fourth-order valence-electron chi connectivity index (χ4n) is 5.71. The van der Waals surface area contributed by atoms with E-state index in [4.69, 9.17) is 4.74 Å². The van der Waals surface area contributed by atoms with Crippen molar-refractivity contribution in [3.05, 3.63) is 64.1 Å². The molecule has 10 nitrogen and oxygen atoms in total. The minimum atomic E-state index is -4.95. The van der Waals surface area contributed by atoms with Gasteiger partial charge >= 0.3 is 6.18 Å². The number of halogens is 4. The SMILES string of the molecule is CC(C)C1CN(c2ncc(-c3cc(NC(=O)c4c[nH]c(=O)cc4C(F)(F)F)c(N4C[C@@H](C)N(C)[C@@H](C)C4)cc3F)cn2)CCO1. The highest BCUT2D eigenvalue weighted by atomic mass is 19.4. The molecule has 0 bridgehead atoms. The Kier molecular flexibility index (Phi) is 9.17. The second kappa shape index (κ2) is 12.8. The molecular weight excluding hydrogens is 594 g/mol. The minimum Gasteiger partial charge on any atom is -0.374 e. The van der Waals surface area contributed by atoms with Crippen molar-refractivity contribution in [1.82, 2.24) is 19.9 Å². The maximum Gasteiger partial charge on any atom is 0.417 e. The van der Waals surface area contributed by atoms with Crippen LogP contribution in [0.25, 0.3) is 11.1 Å². The highest BCUT2D eigenvalue weighted by Crippen LogP contribution is 2.37. The molecule has 0 radical (unpaired) electrons. The number of carbonyl (C=O) groups is 1. The summed E-state index contributed by atoms with van der Waals surface area (Å²) < 4.78 is 63.0. The smallest absolute Gasteiger partial charge is 0.374 e. The number of morpholine rings is 1. The Morgan fingerprint density at radius 3 is 2.36 bits per heavy atom. The third-order valence-corrected chi connectivity index (χ3v) is 8.58. The van der Waals surface area contributed by atoms with Gasteiger partial charge in [0.1, 0.15) is 5.82 Å². The molecule has 0 saturated carbocycles. The molecule has 3 aromatic rings. The molecule has 1 amide bonds. The van der Waals surface area contributed by atoms with E-state index in [0.717, 1.165) is 6.20 Å². The van der Waals surface area contributed by atoms with Crippen LogP contribution >= 0.6 is 0 Å². The van der Waals surface area contributed by atoms with E-state index in [0.29, 0.717) is 62.0 Å². The zero-order valence-corrected chi connectivity index (χ0v) is 25.8. The number of hydrogen-bond donors (Lipinski definition) is 2. The Labute approximate surface area is 258 Å². The van der Waals surface area contributed by atoms with Crippen LogP contribution in [0.15, 0.2) is 41.6 Å². The average molecular weight is 632 g/mol. The van der Waals surface area contributed by atoms with Gasteiger partial charge < -0.3 is 24.8 Å². The van der Waals surface area contributed by atoms with E-state index in [9.17, 15) is 22.8 Å². The Bertz CT molecular complexity index is 1580. The molecule has 1 unspecified atom stereocenters. The maximum absolute atomic E-state index is 15.8. The van der Waals surface area contributed by atoms with Crippen molar-refractivity contribution < 1.29 is 27.1 Å². The van der Waals surface area contributed by atoms with Crippen LogP contribution in [0.5, 0.6) is 0 Å². The molecule has 242 valence electrons. The van der Waals surface area contributed by atoms with Crippen LogP contribution in [0, 0.1) is 11.7 Å². The van der Waals surface area contributed by atoms with Gasteiger partial charge in [-0.25, -0.2) is 14.4 Å². The molecule has 5 rings (SSSR count). The lowest BCUT2D eigenvalue weighted by molar-refractivity contribution is -0.138. The fraction of sp³-hybridized carbons (Fsp3) is 0.484. The summed E-state index contributed by atoms with van der Waals surface area (Å²) in [7, 11) is 1.98. The topological polar surface area (TPSA) is 107 Å². The number of ether oxygens (including phenoxy) is 1. The summed E-state index contributed by atoms with van der Waals surface area (Å²) in [5.74, 6) is -0.935. The number of carbonyl (C=O) groups excluding carboxylic acids is 1. The molecule has 2 aliphatic heterocycles. The first-order chi connectivity index (χ1) is 21.2. The Balaban J connectivity index is 1.52. The summed E-state index contributed by atoms with van der Waals surface area (Å²) in [6.45, 7) is 10.9. The molecule has 0 aliphatic carbocycles. The lowest BCUT2D eigenvalue weighted by Crippen LogP contribution is -2.55. The Morgan fingerprint density at radius 1 is 1.07 bits per heavy atom. The molecule has 2 aliphatic rings. The molecule has 2 saturated heterocycles. The highest BCUT2D eigenvalue weighted by molar-refractivity contribution is 6.07. The van der Waals surface area contributed by atoms with Crippen molar-refractivity contribution in [3.8, 4) is 11.1 Å². The predicted molar refractivity (Wildman–Crippen MR) is 163 cm³/mol. The largest absolute Gasteiger partial charge is 0.417 e. The molecule has 3 atom stereocenters. The second-order valence-electron chi connectivity index (χ2n) is 12.1. The van der Waals surface area contributed by atoms with Crippen molar-refractivity contribution in [2.45, 2.75) is 52.1 Å². The van der Waals surface area contributed by atoms with Crippen LogP contribution < -0.4 is 20.7 Å². The molecule has 4 heterocycles.